The minimum absolute atomic E-state index is 0.0251. The highest BCUT2D eigenvalue weighted by atomic mass is 32.1. The van der Waals surface area contributed by atoms with Crippen LogP contribution in [0.2, 0.25) is 0 Å². The first-order valence-electron chi connectivity index (χ1n) is 8.31. The minimum Gasteiger partial charge on any atom is -0.466 e. The molecule has 0 aliphatic carbocycles. The van der Waals surface area contributed by atoms with Crippen LogP contribution in [0.15, 0.2) is 59.2 Å². The number of rotatable bonds is 5. The fourth-order valence-electron chi connectivity index (χ4n) is 2.49. The van der Waals surface area contributed by atoms with E-state index < -0.39 is 35.3 Å². The van der Waals surface area contributed by atoms with Crippen molar-refractivity contribution in [2.75, 3.05) is 5.32 Å². The number of carbonyl (C=O) groups is 2. The molecule has 3 rings (SSSR count). The van der Waals surface area contributed by atoms with E-state index in [1.165, 1.54) is 29.7 Å². The lowest BCUT2D eigenvalue weighted by Gasteiger charge is -2.13. The molecule has 0 saturated carbocycles. The van der Waals surface area contributed by atoms with E-state index in [9.17, 15) is 27.9 Å². The van der Waals surface area contributed by atoms with E-state index in [1.54, 1.807) is 24.3 Å². The first-order chi connectivity index (χ1) is 13.8. The second-order valence-electron chi connectivity index (χ2n) is 5.90. The van der Waals surface area contributed by atoms with Crippen LogP contribution < -0.4 is 10.6 Å². The molecule has 0 aliphatic heterocycles. The topological polar surface area (TPSA) is 91.6 Å². The zero-order valence-electron chi connectivity index (χ0n) is 14.7. The van der Waals surface area contributed by atoms with Gasteiger partial charge in [-0.15, -0.1) is 11.3 Å². The van der Waals surface area contributed by atoms with Gasteiger partial charge in [0.05, 0.1) is 24.1 Å². The molecular formula is C19H15F3N2O4S. The molecule has 152 valence electrons. The van der Waals surface area contributed by atoms with E-state index in [0.29, 0.717) is 15.5 Å². The Morgan fingerprint density at radius 3 is 2.52 bits per heavy atom. The number of aliphatic hydroxyl groups is 1. The highest BCUT2D eigenvalue weighted by molar-refractivity contribution is 7.12. The van der Waals surface area contributed by atoms with Crippen LogP contribution >= 0.6 is 11.3 Å². The van der Waals surface area contributed by atoms with Crippen molar-refractivity contribution < 1.29 is 32.3 Å². The molecule has 2 heterocycles. The molecule has 3 aromatic rings. The summed E-state index contributed by atoms with van der Waals surface area (Å²) in [5.74, 6) is -1.93. The Kier molecular flexibility index (Phi) is 6.04. The number of alkyl halides is 3. The van der Waals surface area contributed by atoms with Crippen LogP contribution in [0, 0.1) is 0 Å². The highest BCUT2D eigenvalue weighted by Crippen LogP contribution is 2.34. The van der Waals surface area contributed by atoms with E-state index in [2.05, 4.69) is 5.32 Å². The molecule has 2 aromatic heterocycles. The van der Waals surface area contributed by atoms with E-state index in [-0.39, 0.29) is 6.54 Å². The molecule has 29 heavy (non-hydrogen) atoms. The molecule has 10 heteroatoms. The lowest BCUT2D eigenvalue weighted by molar-refractivity contribution is -0.138. The van der Waals surface area contributed by atoms with E-state index >= 15 is 0 Å². The Labute approximate surface area is 167 Å². The lowest BCUT2D eigenvalue weighted by atomic mass is 10.1. The van der Waals surface area contributed by atoms with Crippen LogP contribution in [-0.2, 0) is 22.3 Å². The van der Waals surface area contributed by atoms with Crippen molar-refractivity contribution in [3.8, 4) is 0 Å². The third kappa shape index (κ3) is 5.04. The smallest absolute Gasteiger partial charge is 0.418 e. The van der Waals surface area contributed by atoms with Crippen LogP contribution in [0.5, 0.6) is 0 Å². The summed E-state index contributed by atoms with van der Waals surface area (Å²) in [6, 6.07) is 10.9. The number of nitrogens with one attached hydrogen (secondary N) is 2. The molecule has 0 radical (unpaired) electrons. The van der Waals surface area contributed by atoms with Crippen molar-refractivity contribution in [3.05, 3.63) is 75.9 Å². The first-order valence-corrected chi connectivity index (χ1v) is 9.13. The SMILES string of the molecule is O=C(NCc1ccc(C(O)c2ccco2)s1)C(=O)Nc1ccccc1C(F)(F)F. The van der Waals surface area contributed by atoms with Gasteiger partial charge in [0.2, 0.25) is 0 Å². The summed E-state index contributed by atoms with van der Waals surface area (Å²) in [7, 11) is 0. The summed E-state index contributed by atoms with van der Waals surface area (Å²) < 4.78 is 44.0. The quantitative estimate of drug-likeness (QED) is 0.545. The second-order valence-corrected chi connectivity index (χ2v) is 7.10. The Bertz CT molecular complexity index is 999. The monoisotopic (exact) mass is 424 g/mol. The van der Waals surface area contributed by atoms with Gasteiger partial charge in [0.25, 0.3) is 0 Å². The van der Waals surface area contributed by atoms with Gasteiger partial charge < -0.3 is 20.2 Å². The van der Waals surface area contributed by atoms with Gasteiger partial charge in [-0.1, -0.05) is 12.1 Å². The van der Waals surface area contributed by atoms with Gasteiger partial charge in [0.1, 0.15) is 11.9 Å². The largest absolute Gasteiger partial charge is 0.466 e. The molecule has 3 N–H and O–H groups in total. The van der Waals surface area contributed by atoms with E-state index in [4.69, 9.17) is 4.42 Å². The number of benzene rings is 1. The molecule has 0 spiro atoms. The number of furan rings is 1. The number of hydrogen-bond donors (Lipinski definition) is 3. The number of hydrogen-bond acceptors (Lipinski definition) is 5. The fourth-order valence-corrected chi connectivity index (χ4v) is 3.44. The maximum atomic E-state index is 13.0. The maximum Gasteiger partial charge on any atom is 0.418 e. The van der Waals surface area contributed by atoms with Gasteiger partial charge >= 0.3 is 18.0 Å². The van der Waals surface area contributed by atoms with Crippen molar-refractivity contribution in [1.82, 2.24) is 5.32 Å². The van der Waals surface area contributed by atoms with Crippen LogP contribution in [0.1, 0.15) is 27.2 Å². The molecule has 0 fully saturated rings. The van der Waals surface area contributed by atoms with Gasteiger partial charge in [-0.25, -0.2) is 0 Å². The summed E-state index contributed by atoms with van der Waals surface area (Å²) in [5.41, 5.74) is -1.55. The zero-order chi connectivity index (χ0) is 21.0. The van der Waals surface area contributed by atoms with Gasteiger partial charge in [0.15, 0.2) is 0 Å². The molecule has 1 unspecified atom stereocenters. The predicted molar refractivity (Wildman–Crippen MR) is 99.0 cm³/mol. The summed E-state index contributed by atoms with van der Waals surface area (Å²) >= 11 is 1.20. The van der Waals surface area contributed by atoms with Crippen LogP contribution in [-0.4, -0.2) is 16.9 Å². The Morgan fingerprint density at radius 2 is 1.83 bits per heavy atom. The number of aliphatic hydroxyl groups excluding tert-OH is 1. The number of anilines is 1. The van der Waals surface area contributed by atoms with Crippen LogP contribution in [0.3, 0.4) is 0 Å². The maximum absolute atomic E-state index is 13.0. The third-order valence-corrected chi connectivity index (χ3v) is 5.01. The van der Waals surface area contributed by atoms with Crippen molar-refractivity contribution >= 4 is 28.8 Å². The summed E-state index contributed by atoms with van der Waals surface area (Å²) in [6.07, 6.45) is -4.19. The first kappa shape index (κ1) is 20.6. The molecule has 0 aliphatic rings. The van der Waals surface area contributed by atoms with Gasteiger partial charge in [-0.2, -0.15) is 13.2 Å². The second kappa shape index (κ2) is 8.50. The van der Waals surface area contributed by atoms with E-state index in [0.717, 1.165) is 12.1 Å². The number of thiophene rings is 1. The van der Waals surface area contributed by atoms with Gasteiger partial charge in [-0.05, 0) is 36.4 Å². The number of amides is 2. The Hall–Kier alpha value is -3.11. The number of halogens is 3. The highest BCUT2D eigenvalue weighted by Gasteiger charge is 2.34. The number of para-hydroxylation sites is 1. The van der Waals surface area contributed by atoms with Crippen molar-refractivity contribution in [2.45, 2.75) is 18.8 Å². The Balaban J connectivity index is 1.58. The standard InChI is InChI=1S/C19H15F3N2O4S/c20-19(21,22)12-4-1-2-5-13(12)24-18(27)17(26)23-10-11-7-8-15(29-11)16(25)14-6-3-9-28-14/h1-9,16,25H,10H2,(H,23,26)(H,24,27). The summed E-state index contributed by atoms with van der Waals surface area (Å²) in [4.78, 5) is 25.1. The number of carbonyl (C=O) groups excluding carboxylic acids is 2. The van der Waals surface area contributed by atoms with Gasteiger partial charge in [0, 0.05) is 9.75 Å². The molecule has 1 aromatic carbocycles. The lowest BCUT2D eigenvalue weighted by Crippen LogP contribution is -2.35. The average molecular weight is 424 g/mol. The molecule has 1 atom stereocenters. The van der Waals surface area contributed by atoms with E-state index in [1.807, 2.05) is 5.32 Å². The average Bonchev–Trinajstić information content (AvgIpc) is 3.37. The van der Waals surface area contributed by atoms with Crippen LogP contribution in [0.25, 0.3) is 0 Å². The molecule has 2 amide bonds. The summed E-state index contributed by atoms with van der Waals surface area (Å²) in [6.45, 7) is -0.0251. The fraction of sp³-hybridized carbons (Fsp3) is 0.158. The Morgan fingerprint density at radius 1 is 1.07 bits per heavy atom. The molecular weight excluding hydrogens is 409 g/mol. The zero-order valence-corrected chi connectivity index (χ0v) is 15.5. The normalized spacial score (nSPS) is 12.4. The molecule has 6 nitrogen and oxygen atoms in total. The van der Waals surface area contributed by atoms with Crippen LogP contribution in [0.4, 0.5) is 18.9 Å². The predicted octanol–water partition coefficient (Wildman–Crippen LogP) is 3.70. The van der Waals surface area contributed by atoms with Gasteiger partial charge in [-0.3, -0.25) is 9.59 Å². The molecule has 0 saturated heterocycles. The molecule has 0 bridgehead atoms. The van der Waals surface area contributed by atoms with Crippen molar-refractivity contribution in [2.24, 2.45) is 0 Å². The van der Waals surface area contributed by atoms with Crippen molar-refractivity contribution in [1.29, 1.82) is 0 Å². The van der Waals surface area contributed by atoms with Crippen molar-refractivity contribution in [3.63, 3.8) is 0 Å². The summed E-state index contributed by atoms with van der Waals surface area (Å²) in [5, 5.41) is 14.5. The third-order valence-electron chi connectivity index (χ3n) is 3.87. The minimum atomic E-state index is -4.66.